The van der Waals surface area contributed by atoms with Gasteiger partial charge in [0.15, 0.2) is 5.75 Å². The molecule has 0 aliphatic carbocycles. The monoisotopic (exact) mass is 489 g/mol. The Labute approximate surface area is 224 Å². The maximum atomic E-state index is 13.9. The highest BCUT2D eigenvalue weighted by Crippen LogP contribution is 2.43. The zero-order valence-corrected chi connectivity index (χ0v) is 24.0. The Bertz CT molecular complexity index is 1290. The van der Waals surface area contributed by atoms with Crippen molar-refractivity contribution in [3.8, 4) is 39.1 Å². The maximum absolute atomic E-state index is 13.9. The first-order chi connectivity index (χ1) is 17.1. The molecule has 0 bridgehead atoms. The number of hydrogen-bond acceptors (Lipinski definition) is 0. The van der Waals surface area contributed by atoms with E-state index in [2.05, 4.69) is 147 Å². The second kappa shape index (κ2) is 9.53. The van der Waals surface area contributed by atoms with Gasteiger partial charge in [-0.25, -0.2) is 0 Å². The van der Waals surface area contributed by atoms with Crippen LogP contribution in [-0.2, 0) is 21.4 Å². The van der Waals surface area contributed by atoms with Gasteiger partial charge < -0.3 is 0 Å². The summed E-state index contributed by atoms with van der Waals surface area (Å²) in [6.45, 7) is 20.0. The molecule has 37 heavy (non-hydrogen) atoms. The van der Waals surface area contributed by atoms with Crippen LogP contribution in [-0.4, -0.2) is 0 Å². The third-order valence-electron chi connectivity index (χ3n) is 7.30. The van der Waals surface area contributed by atoms with Crippen molar-refractivity contribution < 1.29 is 5.11 Å². The lowest BCUT2D eigenvalue weighted by molar-refractivity contribution is 0.358. The van der Waals surface area contributed by atoms with E-state index in [0.717, 1.165) is 33.4 Å². The van der Waals surface area contributed by atoms with Crippen molar-refractivity contribution in [2.24, 2.45) is 0 Å². The molecule has 0 atom stereocenters. The lowest BCUT2D eigenvalue weighted by Crippen LogP contribution is -2.10. The van der Waals surface area contributed by atoms with Gasteiger partial charge in [-0.15, -0.1) is 0 Å². The van der Waals surface area contributed by atoms with E-state index in [0.29, 0.717) is 0 Å². The van der Waals surface area contributed by atoms with Gasteiger partial charge in [0.2, 0.25) is 0 Å². The summed E-state index contributed by atoms with van der Waals surface area (Å²) < 4.78 is 0. The fourth-order valence-corrected chi connectivity index (χ4v) is 4.69. The van der Waals surface area contributed by atoms with Crippen molar-refractivity contribution in [1.82, 2.24) is 0 Å². The van der Waals surface area contributed by atoms with E-state index in [1.54, 1.807) is 0 Å². The van der Waals surface area contributed by atoms with Crippen molar-refractivity contribution in [2.75, 3.05) is 0 Å². The molecular weight excluding hydrogens is 448 g/mol. The summed E-state index contributed by atoms with van der Waals surface area (Å²) >= 11 is 0. The standard InChI is InChI=1S/C36H41O/c1-34(2,3)28-16-10-24(11-17-28)27-22-31(25-12-18-29(19-13-25)35(4,5)6)33(37)32(23-27)26-14-20-30(21-15-26)36(7,8)9/h10-23H,1-9H3. The molecule has 4 aromatic carbocycles. The van der Waals surface area contributed by atoms with Gasteiger partial charge in [-0.3, -0.25) is 5.11 Å². The fourth-order valence-electron chi connectivity index (χ4n) is 4.69. The van der Waals surface area contributed by atoms with Crippen LogP contribution in [0.4, 0.5) is 0 Å². The van der Waals surface area contributed by atoms with Crippen molar-refractivity contribution in [2.45, 2.75) is 78.6 Å². The fraction of sp³-hybridized carbons (Fsp3) is 0.333. The Hall–Kier alpha value is -3.32. The first kappa shape index (κ1) is 26.7. The average Bonchev–Trinajstić information content (AvgIpc) is 2.83. The van der Waals surface area contributed by atoms with Crippen molar-refractivity contribution in [3.05, 3.63) is 102 Å². The summed E-state index contributed by atoms with van der Waals surface area (Å²) in [7, 11) is 0. The van der Waals surface area contributed by atoms with Gasteiger partial charge in [0.1, 0.15) is 0 Å². The Morgan fingerprint density at radius 2 is 0.649 bits per heavy atom. The van der Waals surface area contributed by atoms with Crippen LogP contribution in [0.25, 0.3) is 33.4 Å². The van der Waals surface area contributed by atoms with Crippen LogP contribution in [0.5, 0.6) is 5.75 Å². The number of rotatable bonds is 3. The first-order valence-corrected chi connectivity index (χ1v) is 13.3. The van der Waals surface area contributed by atoms with Gasteiger partial charge in [-0.2, -0.15) is 0 Å². The Balaban J connectivity index is 1.88. The highest BCUT2D eigenvalue weighted by atomic mass is 16.3. The van der Waals surface area contributed by atoms with E-state index >= 15 is 0 Å². The van der Waals surface area contributed by atoms with E-state index in [1.807, 2.05) is 0 Å². The second-order valence-electron chi connectivity index (χ2n) is 13.4. The molecule has 0 saturated heterocycles. The van der Waals surface area contributed by atoms with E-state index < -0.39 is 0 Å². The third-order valence-corrected chi connectivity index (χ3v) is 7.30. The molecule has 4 rings (SSSR count). The Morgan fingerprint density at radius 1 is 0.378 bits per heavy atom. The first-order valence-electron chi connectivity index (χ1n) is 13.3. The minimum Gasteiger partial charge on any atom is -0.289 e. The predicted octanol–water partition coefficient (Wildman–Crippen LogP) is 10.7. The van der Waals surface area contributed by atoms with Gasteiger partial charge in [-0.1, -0.05) is 135 Å². The van der Waals surface area contributed by atoms with E-state index in [4.69, 9.17) is 0 Å². The molecule has 0 amide bonds. The van der Waals surface area contributed by atoms with E-state index in [9.17, 15) is 5.11 Å². The number of benzene rings is 4. The van der Waals surface area contributed by atoms with Crippen molar-refractivity contribution in [1.29, 1.82) is 0 Å². The van der Waals surface area contributed by atoms with Gasteiger partial charge in [0.25, 0.3) is 0 Å². The molecule has 1 radical (unpaired) electrons. The predicted molar refractivity (Wildman–Crippen MR) is 159 cm³/mol. The zero-order valence-electron chi connectivity index (χ0n) is 24.0. The quantitative estimate of drug-likeness (QED) is 0.273. The van der Waals surface area contributed by atoms with E-state index in [1.165, 1.54) is 16.7 Å². The second-order valence-corrected chi connectivity index (χ2v) is 13.4. The highest BCUT2D eigenvalue weighted by Gasteiger charge is 2.20. The van der Waals surface area contributed by atoms with Crippen LogP contribution >= 0.6 is 0 Å². The Morgan fingerprint density at radius 3 is 0.919 bits per heavy atom. The van der Waals surface area contributed by atoms with Crippen LogP contribution in [0.3, 0.4) is 0 Å². The molecular formula is C36H41O. The summed E-state index contributed by atoms with van der Waals surface area (Å²) in [4.78, 5) is 0. The van der Waals surface area contributed by atoms with Crippen LogP contribution in [0.1, 0.15) is 79.0 Å². The van der Waals surface area contributed by atoms with Crippen LogP contribution in [0.15, 0.2) is 84.9 Å². The van der Waals surface area contributed by atoms with Crippen LogP contribution in [0, 0.1) is 0 Å². The summed E-state index contributed by atoms with van der Waals surface area (Å²) in [5.74, 6) is 0.0714. The minimum atomic E-state index is 0.0649. The molecule has 0 unspecified atom stereocenters. The molecule has 1 nitrogen and oxygen atoms in total. The van der Waals surface area contributed by atoms with Gasteiger partial charge >= 0.3 is 0 Å². The van der Waals surface area contributed by atoms with Gasteiger partial charge in [0.05, 0.1) is 0 Å². The summed E-state index contributed by atoms with van der Waals surface area (Å²) in [6, 6.07) is 29.9. The Kier molecular flexibility index (Phi) is 6.88. The maximum Gasteiger partial charge on any atom is 0.194 e. The lowest BCUT2D eigenvalue weighted by Gasteiger charge is -2.21. The van der Waals surface area contributed by atoms with Gasteiger partial charge in [0, 0.05) is 11.1 Å². The molecule has 0 N–H and O–H groups in total. The highest BCUT2D eigenvalue weighted by molar-refractivity contribution is 5.87. The topological polar surface area (TPSA) is 19.9 Å². The van der Waals surface area contributed by atoms with Crippen molar-refractivity contribution >= 4 is 0 Å². The summed E-state index contributed by atoms with van der Waals surface area (Å²) in [5, 5.41) is 13.9. The minimum absolute atomic E-state index is 0.0649. The smallest absolute Gasteiger partial charge is 0.194 e. The van der Waals surface area contributed by atoms with Gasteiger partial charge in [-0.05, 0) is 67.3 Å². The molecule has 191 valence electrons. The molecule has 0 aliphatic rings. The number of hydrogen-bond donors (Lipinski definition) is 0. The molecule has 0 saturated carbocycles. The largest absolute Gasteiger partial charge is 0.289 e. The molecule has 0 spiro atoms. The molecule has 4 aromatic rings. The SMILES string of the molecule is CC(C)(C)c1ccc(-c2cc(-c3ccc(C(C)(C)C)cc3)c([O])c(-c3ccc(C(C)(C)C)cc3)c2)cc1. The molecule has 0 fully saturated rings. The summed E-state index contributed by atoms with van der Waals surface area (Å²) in [5.41, 5.74) is 9.62. The molecule has 1 heteroatoms. The van der Waals surface area contributed by atoms with Crippen LogP contribution in [0.2, 0.25) is 0 Å². The third kappa shape index (κ3) is 5.82. The van der Waals surface area contributed by atoms with E-state index in [-0.39, 0.29) is 22.0 Å². The van der Waals surface area contributed by atoms with Crippen LogP contribution < -0.4 is 0 Å². The molecule has 0 aromatic heterocycles. The molecule has 0 heterocycles. The average molecular weight is 490 g/mol. The molecule has 0 aliphatic heterocycles. The lowest BCUT2D eigenvalue weighted by atomic mass is 9.84. The zero-order chi connectivity index (χ0) is 27.2. The normalized spacial score (nSPS) is 12.6. The summed E-state index contributed by atoms with van der Waals surface area (Å²) in [6.07, 6.45) is 0. The van der Waals surface area contributed by atoms with Crippen molar-refractivity contribution in [3.63, 3.8) is 0 Å².